The molecule has 6 nitrogen and oxygen atoms in total. The van der Waals surface area contributed by atoms with E-state index < -0.39 is 15.5 Å². The number of nitrogens with zero attached hydrogens (tertiary/aromatic N) is 2. The van der Waals surface area contributed by atoms with Crippen molar-refractivity contribution < 1.29 is 17.7 Å². The van der Waals surface area contributed by atoms with Crippen molar-refractivity contribution >= 4 is 37.4 Å². The van der Waals surface area contributed by atoms with Crippen molar-refractivity contribution in [1.29, 1.82) is 0 Å². The van der Waals surface area contributed by atoms with Gasteiger partial charge in [0.1, 0.15) is 4.60 Å². The molecule has 3 aromatic rings. The van der Waals surface area contributed by atoms with Gasteiger partial charge < -0.3 is 9.64 Å². The predicted octanol–water partition coefficient (Wildman–Crippen LogP) is 5.38. The Labute approximate surface area is 171 Å². The second kappa shape index (κ2) is 7.20. The van der Waals surface area contributed by atoms with Gasteiger partial charge in [-0.05, 0) is 52.7 Å². The second-order valence-electron chi connectivity index (χ2n) is 6.32. The lowest BCUT2D eigenvalue weighted by Gasteiger charge is -2.37. The minimum Gasteiger partial charge on any atom is -0.453 e. The molecule has 0 radical (unpaired) electrons. The van der Waals surface area contributed by atoms with Crippen LogP contribution in [0, 0.1) is 0 Å². The molecule has 1 aliphatic rings. The fourth-order valence-electron chi connectivity index (χ4n) is 3.43. The zero-order chi connectivity index (χ0) is 19.9. The smallest absolute Gasteiger partial charge is 0.286 e. The minimum absolute atomic E-state index is 0.187. The van der Waals surface area contributed by atoms with Gasteiger partial charge in [0.2, 0.25) is 0 Å². The van der Waals surface area contributed by atoms with Gasteiger partial charge in [0, 0.05) is 5.56 Å². The van der Waals surface area contributed by atoms with Crippen molar-refractivity contribution in [2.75, 3.05) is 4.90 Å². The van der Waals surface area contributed by atoms with Gasteiger partial charge in [-0.2, -0.15) is 8.42 Å². The van der Waals surface area contributed by atoms with Crippen molar-refractivity contribution in [2.24, 2.45) is 0 Å². The Balaban J connectivity index is 2.02. The van der Waals surface area contributed by atoms with Gasteiger partial charge in [-0.1, -0.05) is 37.3 Å². The number of ether oxygens (including phenoxy) is 1. The van der Waals surface area contributed by atoms with Gasteiger partial charge in [0.05, 0.1) is 17.1 Å². The van der Waals surface area contributed by atoms with E-state index in [9.17, 15) is 13.0 Å². The lowest BCUT2D eigenvalue weighted by molar-refractivity contribution is 0.452. The maximum absolute atomic E-state index is 12.2. The summed E-state index contributed by atoms with van der Waals surface area (Å²) in [6, 6.07) is 18.1. The molecular weight excluding hydrogens is 444 g/mol. The number of aromatic nitrogens is 1. The third-order valence-corrected chi connectivity index (χ3v) is 6.23. The Bertz CT molecular complexity index is 1150. The maximum Gasteiger partial charge on any atom is 0.286 e. The van der Waals surface area contributed by atoms with Crippen molar-refractivity contribution in [2.45, 2.75) is 18.7 Å². The molecule has 0 saturated carbocycles. The first-order valence-corrected chi connectivity index (χ1v) is 11.0. The molecule has 0 bridgehead atoms. The van der Waals surface area contributed by atoms with Gasteiger partial charge in [-0.25, -0.2) is 4.98 Å². The number of benzene rings is 2. The highest BCUT2D eigenvalue weighted by Gasteiger charge is 2.37. The lowest BCUT2D eigenvalue weighted by atomic mass is 10.0. The van der Waals surface area contributed by atoms with E-state index in [-0.39, 0.29) is 6.42 Å². The molecule has 144 valence electrons. The number of anilines is 2. The molecule has 1 unspecified atom stereocenters. The molecule has 0 fully saturated rings. The van der Waals surface area contributed by atoms with Gasteiger partial charge >= 0.3 is 0 Å². The molecule has 8 heteroatoms. The minimum atomic E-state index is -4.37. The highest BCUT2D eigenvalue weighted by atomic mass is 79.9. The van der Waals surface area contributed by atoms with Gasteiger partial charge in [-0.3, -0.25) is 4.55 Å². The summed E-state index contributed by atoms with van der Waals surface area (Å²) in [5.74, 6) is 1.02. The molecule has 0 aliphatic carbocycles. The lowest BCUT2D eigenvalue weighted by Crippen LogP contribution is -2.39. The van der Waals surface area contributed by atoms with E-state index in [4.69, 9.17) is 4.74 Å². The third kappa shape index (κ3) is 3.28. The molecule has 28 heavy (non-hydrogen) atoms. The van der Waals surface area contributed by atoms with Crippen LogP contribution in [-0.2, 0) is 10.1 Å². The van der Waals surface area contributed by atoms with Crippen molar-refractivity contribution in [1.82, 2.24) is 4.98 Å². The number of hydrogen-bond acceptors (Lipinski definition) is 5. The molecular formula is C20H17BrN2O4S. The Morgan fingerprint density at radius 1 is 1.07 bits per heavy atom. The number of para-hydroxylation sites is 3. The van der Waals surface area contributed by atoms with Crippen LogP contribution < -0.4 is 9.64 Å². The molecule has 0 spiro atoms. The molecule has 1 N–H and O–H groups in total. The Morgan fingerprint density at radius 2 is 1.79 bits per heavy atom. The molecule has 1 atom stereocenters. The van der Waals surface area contributed by atoms with Gasteiger partial charge in [-0.15, -0.1) is 0 Å². The fraction of sp³-hybridized carbons (Fsp3) is 0.150. The number of halogens is 1. The van der Waals surface area contributed by atoms with Crippen LogP contribution in [0.2, 0.25) is 0 Å². The molecule has 2 heterocycles. The largest absolute Gasteiger partial charge is 0.453 e. The number of rotatable bonds is 4. The first-order valence-electron chi connectivity index (χ1n) is 8.68. The molecule has 0 amide bonds. The van der Waals surface area contributed by atoms with E-state index in [1.165, 1.54) is 0 Å². The first kappa shape index (κ1) is 18.9. The van der Waals surface area contributed by atoms with E-state index in [2.05, 4.69) is 20.9 Å². The third-order valence-electron chi connectivity index (χ3n) is 4.56. The molecule has 2 aromatic carbocycles. The van der Waals surface area contributed by atoms with Crippen molar-refractivity contribution in [3.8, 4) is 22.8 Å². The highest BCUT2D eigenvalue weighted by Crippen LogP contribution is 2.52. The summed E-state index contributed by atoms with van der Waals surface area (Å²) in [7, 11) is -4.37. The van der Waals surface area contributed by atoms with E-state index in [1.54, 1.807) is 36.1 Å². The number of fused-ring (bicyclic) bond motifs is 2. The SMILES string of the molecule is CCC(N1c2ccccc2Oc2cccc(-c3cccc(Br)n3)c21)S(=O)(=O)O. The van der Waals surface area contributed by atoms with Crippen LogP contribution in [0.25, 0.3) is 11.3 Å². The van der Waals surface area contributed by atoms with Crippen molar-refractivity contribution in [3.63, 3.8) is 0 Å². The Morgan fingerprint density at radius 3 is 2.50 bits per heavy atom. The van der Waals surface area contributed by atoms with E-state index >= 15 is 0 Å². The normalized spacial score (nSPS) is 14.0. The summed E-state index contributed by atoms with van der Waals surface area (Å²) >= 11 is 3.38. The van der Waals surface area contributed by atoms with Gasteiger partial charge in [0.15, 0.2) is 16.9 Å². The molecule has 4 rings (SSSR count). The average molecular weight is 461 g/mol. The zero-order valence-corrected chi connectivity index (χ0v) is 17.3. The predicted molar refractivity (Wildman–Crippen MR) is 112 cm³/mol. The molecule has 0 saturated heterocycles. The monoisotopic (exact) mass is 460 g/mol. The molecule has 1 aromatic heterocycles. The summed E-state index contributed by atoms with van der Waals surface area (Å²) < 4.78 is 41.1. The van der Waals surface area contributed by atoms with Crippen LogP contribution >= 0.6 is 15.9 Å². The summed E-state index contributed by atoms with van der Waals surface area (Å²) in [4.78, 5) is 6.14. The van der Waals surface area contributed by atoms with E-state index in [0.717, 1.165) is 0 Å². The first-order chi connectivity index (χ1) is 13.4. The number of pyridine rings is 1. The Hall–Kier alpha value is -2.42. The van der Waals surface area contributed by atoms with Crippen molar-refractivity contribution in [3.05, 3.63) is 65.3 Å². The zero-order valence-electron chi connectivity index (χ0n) is 14.9. The molecule has 1 aliphatic heterocycles. The Kier molecular flexibility index (Phi) is 4.86. The fourth-order valence-corrected chi connectivity index (χ4v) is 4.68. The van der Waals surface area contributed by atoms with Gasteiger partial charge in [0.25, 0.3) is 10.1 Å². The average Bonchev–Trinajstić information content (AvgIpc) is 2.66. The van der Waals surface area contributed by atoms with Crippen LogP contribution in [0.4, 0.5) is 11.4 Å². The second-order valence-corrected chi connectivity index (χ2v) is 8.70. The van der Waals surface area contributed by atoms with Crippen LogP contribution in [0.5, 0.6) is 11.5 Å². The standard InChI is InChI=1S/C20H17BrN2O4S/c1-2-19(28(24,25)26)23-15-9-3-4-10-16(15)27-17-11-5-7-13(20(17)23)14-8-6-12-18(21)22-14/h3-12,19H,2H2,1H3,(H,24,25,26). The van der Waals surface area contributed by atoms with Crippen LogP contribution in [0.15, 0.2) is 65.3 Å². The topological polar surface area (TPSA) is 79.7 Å². The summed E-state index contributed by atoms with van der Waals surface area (Å²) in [6.07, 6.45) is 0.187. The van der Waals surface area contributed by atoms with Crippen LogP contribution in [0.3, 0.4) is 0 Å². The summed E-state index contributed by atoms with van der Waals surface area (Å²) in [6.45, 7) is 1.72. The highest BCUT2D eigenvalue weighted by molar-refractivity contribution is 9.10. The number of hydrogen-bond donors (Lipinski definition) is 1. The quantitative estimate of drug-likeness (QED) is 0.415. The van der Waals surface area contributed by atoms with Crippen LogP contribution in [0.1, 0.15) is 13.3 Å². The van der Waals surface area contributed by atoms with E-state index in [1.807, 2.05) is 36.4 Å². The van der Waals surface area contributed by atoms with Crippen LogP contribution in [-0.4, -0.2) is 23.3 Å². The maximum atomic E-state index is 12.2. The summed E-state index contributed by atoms with van der Waals surface area (Å²) in [5, 5.41) is -1.16. The summed E-state index contributed by atoms with van der Waals surface area (Å²) in [5.41, 5.74) is 2.48. The van der Waals surface area contributed by atoms with E-state index in [0.29, 0.717) is 38.7 Å².